The van der Waals surface area contributed by atoms with Crippen LogP contribution in [-0.4, -0.2) is 11.9 Å². The van der Waals surface area contributed by atoms with Crippen LogP contribution in [0.4, 0.5) is 10.5 Å². The number of Topliss-reactive ketones (excluding diaryl/α,β-unsaturated/α-hetero) is 1. The van der Waals surface area contributed by atoms with Crippen LogP contribution in [-0.2, 0) is 10.3 Å². The van der Waals surface area contributed by atoms with Gasteiger partial charge in [-0.15, -0.1) is 0 Å². The Hall–Kier alpha value is -2.62. The summed E-state index contributed by atoms with van der Waals surface area (Å²) >= 11 is 0. The Kier molecular flexibility index (Phi) is 3.24. The SMILES string of the molecule is CC(=O)c1cccc(-c2ccc3c(c2)C(C)(C)OC(=O)N3)c1. The molecule has 4 nitrogen and oxygen atoms in total. The molecule has 2 aromatic carbocycles. The number of nitrogens with one attached hydrogen (secondary N) is 1. The minimum Gasteiger partial charge on any atom is -0.438 e. The summed E-state index contributed by atoms with van der Waals surface area (Å²) in [7, 11) is 0. The second kappa shape index (κ2) is 4.98. The van der Waals surface area contributed by atoms with Gasteiger partial charge < -0.3 is 4.74 Å². The lowest BCUT2D eigenvalue weighted by molar-refractivity contribution is 0.0421. The molecule has 3 rings (SSSR count). The number of rotatable bonds is 2. The van der Waals surface area contributed by atoms with Crippen LogP contribution in [0, 0.1) is 0 Å². The van der Waals surface area contributed by atoms with Gasteiger partial charge in [-0.3, -0.25) is 10.1 Å². The van der Waals surface area contributed by atoms with Crippen LogP contribution in [0.3, 0.4) is 0 Å². The number of ether oxygens (including phenoxy) is 1. The molecule has 0 aliphatic carbocycles. The predicted octanol–water partition coefficient (Wildman–Crippen LogP) is 4.35. The summed E-state index contributed by atoms with van der Waals surface area (Å²) in [6.45, 7) is 5.28. The molecule has 0 bridgehead atoms. The minimum atomic E-state index is -0.689. The van der Waals surface area contributed by atoms with E-state index in [1.54, 1.807) is 13.0 Å². The summed E-state index contributed by atoms with van der Waals surface area (Å²) in [5.41, 5.74) is 3.61. The monoisotopic (exact) mass is 295 g/mol. The lowest BCUT2D eigenvalue weighted by Crippen LogP contribution is -2.34. The second-order valence-electron chi connectivity index (χ2n) is 5.92. The first-order chi connectivity index (χ1) is 10.4. The minimum absolute atomic E-state index is 0.0377. The highest BCUT2D eigenvalue weighted by Crippen LogP contribution is 2.38. The van der Waals surface area contributed by atoms with Crippen LogP contribution in [0.1, 0.15) is 36.7 Å². The van der Waals surface area contributed by atoms with Crippen LogP contribution in [0.15, 0.2) is 42.5 Å². The summed E-state index contributed by atoms with van der Waals surface area (Å²) in [5.74, 6) is 0.0377. The maximum Gasteiger partial charge on any atom is 0.412 e. The van der Waals surface area contributed by atoms with Gasteiger partial charge in [0, 0.05) is 11.1 Å². The topological polar surface area (TPSA) is 55.4 Å². The highest BCUT2D eigenvalue weighted by Gasteiger charge is 2.33. The van der Waals surface area contributed by atoms with Crippen molar-refractivity contribution in [3.63, 3.8) is 0 Å². The highest BCUT2D eigenvalue weighted by atomic mass is 16.6. The summed E-state index contributed by atoms with van der Waals surface area (Å²) in [4.78, 5) is 23.1. The third-order valence-electron chi connectivity index (χ3n) is 3.86. The Labute approximate surface area is 129 Å². The maximum atomic E-state index is 11.5. The molecule has 22 heavy (non-hydrogen) atoms. The van der Waals surface area contributed by atoms with Gasteiger partial charge in [0.15, 0.2) is 5.78 Å². The van der Waals surface area contributed by atoms with E-state index in [1.807, 2.05) is 50.2 Å². The first kappa shape index (κ1) is 14.3. The normalized spacial score (nSPS) is 15.5. The Morgan fingerprint density at radius 3 is 2.55 bits per heavy atom. The molecule has 112 valence electrons. The number of benzene rings is 2. The van der Waals surface area contributed by atoms with Gasteiger partial charge in [0.05, 0.1) is 5.69 Å². The number of carbonyl (C=O) groups excluding carboxylic acids is 2. The molecular formula is C18H17NO3. The van der Waals surface area contributed by atoms with Gasteiger partial charge in [0.1, 0.15) is 5.60 Å². The van der Waals surface area contributed by atoms with Gasteiger partial charge in [-0.2, -0.15) is 0 Å². The van der Waals surface area contributed by atoms with Crippen LogP contribution in [0.2, 0.25) is 0 Å². The molecule has 0 fully saturated rings. The molecule has 0 unspecified atom stereocenters. The molecule has 0 atom stereocenters. The molecule has 1 amide bonds. The van der Waals surface area contributed by atoms with Crippen molar-refractivity contribution in [2.75, 3.05) is 5.32 Å². The average Bonchev–Trinajstić information content (AvgIpc) is 2.46. The van der Waals surface area contributed by atoms with Crippen LogP contribution in [0.5, 0.6) is 0 Å². The van der Waals surface area contributed by atoms with E-state index in [4.69, 9.17) is 4.74 Å². The van der Waals surface area contributed by atoms with Crippen LogP contribution < -0.4 is 5.32 Å². The third-order valence-corrected chi connectivity index (χ3v) is 3.86. The molecule has 0 saturated heterocycles. The van der Waals surface area contributed by atoms with Gasteiger partial charge in [0.2, 0.25) is 0 Å². The summed E-state index contributed by atoms with van der Waals surface area (Å²) < 4.78 is 5.35. The molecule has 4 heteroatoms. The van der Waals surface area contributed by atoms with E-state index in [1.165, 1.54) is 0 Å². The molecule has 0 spiro atoms. The smallest absolute Gasteiger partial charge is 0.412 e. The Bertz CT molecular complexity index is 778. The van der Waals surface area contributed by atoms with Crippen molar-refractivity contribution in [3.8, 4) is 11.1 Å². The highest BCUT2D eigenvalue weighted by molar-refractivity contribution is 5.95. The van der Waals surface area contributed by atoms with Crippen molar-refractivity contribution in [1.29, 1.82) is 0 Å². The summed E-state index contributed by atoms with van der Waals surface area (Å²) in [5, 5.41) is 2.71. The van der Waals surface area contributed by atoms with E-state index >= 15 is 0 Å². The number of hydrogen-bond donors (Lipinski definition) is 1. The molecule has 0 saturated carbocycles. The third kappa shape index (κ3) is 2.48. The van der Waals surface area contributed by atoms with Crippen molar-refractivity contribution in [1.82, 2.24) is 0 Å². The van der Waals surface area contributed by atoms with E-state index in [0.717, 1.165) is 22.4 Å². The van der Waals surface area contributed by atoms with Gasteiger partial charge in [-0.1, -0.05) is 24.3 Å². The lowest BCUT2D eigenvalue weighted by atomic mass is 9.91. The fourth-order valence-corrected chi connectivity index (χ4v) is 2.67. The molecule has 1 aliphatic heterocycles. The molecule has 1 heterocycles. The molecule has 2 aromatic rings. The Morgan fingerprint density at radius 1 is 1.09 bits per heavy atom. The molecule has 0 aromatic heterocycles. The van der Waals surface area contributed by atoms with Gasteiger partial charge in [0.25, 0.3) is 0 Å². The van der Waals surface area contributed by atoms with Crippen LogP contribution in [0.25, 0.3) is 11.1 Å². The number of carbonyl (C=O) groups is 2. The van der Waals surface area contributed by atoms with Crippen molar-refractivity contribution in [3.05, 3.63) is 53.6 Å². The lowest BCUT2D eigenvalue weighted by Gasteiger charge is -2.32. The largest absolute Gasteiger partial charge is 0.438 e. The van der Waals surface area contributed by atoms with Crippen molar-refractivity contribution in [2.45, 2.75) is 26.4 Å². The number of fused-ring (bicyclic) bond motifs is 1. The molecule has 0 radical (unpaired) electrons. The first-order valence-electron chi connectivity index (χ1n) is 7.13. The van der Waals surface area contributed by atoms with Crippen molar-refractivity contribution >= 4 is 17.6 Å². The number of cyclic esters (lactones) is 1. The van der Waals surface area contributed by atoms with E-state index in [-0.39, 0.29) is 5.78 Å². The number of ketones is 1. The number of amides is 1. The van der Waals surface area contributed by atoms with Gasteiger partial charge in [-0.05, 0) is 50.1 Å². The number of anilines is 1. The van der Waals surface area contributed by atoms with Gasteiger partial charge in [-0.25, -0.2) is 4.79 Å². The Morgan fingerprint density at radius 2 is 1.82 bits per heavy atom. The van der Waals surface area contributed by atoms with Crippen LogP contribution >= 0.6 is 0 Å². The standard InChI is InChI=1S/C18H17NO3/c1-11(20)12-5-4-6-13(9-12)14-7-8-16-15(10-14)18(2,3)22-17(21)19-16/h4-10H,1-3H3,(H,19,21). The zero-order valence-electron chi connectivity index (χ0n) is 12.8. The average molecular weight is 295 g/mol. The summed E-state index contributed by atoms with van der Waals surface area (Å²) in [6, 6.07) is 13.3. The van der Waals surface area contributed by atoms with E-state index in [9.17, 15) is 9.59 Å². The Balaban J connectivity index is 2.09. The van der Waals surface area contributed by atoms with Gasteiger partial charge >= 0.3 is 6.09 Å². The predicted molar refractivity (Wildman–Crippen MR) is 85.0 cm³/mol. The second-order valence-corrected chi connectivity index (χ2v) is 5.92. The first-order valence-corrected chi connectivity index (χ1v) is 7.13. The quantitative estimate of drug-likeness (QED) is 0.838. The van der Waals surface area contributed by atoms with E-state index in [0.29, 0.717) is 5.56 Å². The molecular weight excluding hydrogens is 278 g/mol. The van der Waals surface area contributed by atoms with Crippen molar-refractivity contribution < 1.29 is 14.3 Å². The zero-order chi connectivity index (χ0) is 15.9. The summed E-state index contributed by atoms with van der Waals surface area (Å²) in [6.07, 6.45) is -0.441. The fourth-order valence-electron chi connectivity index (χ4n) is 2.67. The molecule has 1 aliphatic rings. The van der Waals surface area contributed by atoms with E-state index in [2.05, 4.69) is 5.32 Å². The van der Waals surface area contributed by atoms with E-state index < -0.39 is 11.7 Å². The molecule has 1 N–H and O–H groups in total. The zero-order valence-corrected chi connectivity index (χ0v) is 12.8. The fraction of sp³-hybridized carbons (Fsp3) is 0.222. The number of hydrogen-bond acceptors (Lipinski definition) is 3. The maximum absolute atomic E-state index is 11.5. The van der Waals surface area contributed by atoms with Crippen molar-refractivity contribution in [2.24, 2.45) is 0 Å².